The minimum Gasteiger partial charge on any atom is -0.455 e. The van der Waals surface area contributed by atoms with Crippen LogP contribution in [-0.4, -0.2) is 31.7 Å². The fourth-order valence-corrected chi connectivity index (χ4v) is 5.93. The normalized spacial score (nSPS) is 14.8. The molecule has 0 radical (unpaired) electrons. The second-order valence-electron chi connectivity index (χ2n) is 7.85. The van der Waals surface area contributed by atoms with Gasteiger partial charge in [-0.2, -0.15) is 4.31 Å². The molecule has 0 aliphatic carbocycles. The van der Waals surface area contributed by atoms with Gasteiger partial charge in [0.25, 0.3) is 0 Å². The molecule has 6 nitrogen and oxygen atoms in total. The number of hydrogen-bond acceptors (Lipinski definition) is 5. The van der Waals surface area contributed by atoms with Crippen LogP contribution in [0.3, 0.4) is 0 Å². The van der Waals surface area contributed by atoms with Gasteiger partial charge in [0.15, 0.2) is 5.75 Å². The third-order valence-corrected chi connectivity index (χ3v) is 8.08. The molecule has 1 N–H and O–H groups in total. The SMILES string of the molecule is Cc1cccc(Oc2ccc(S(=O)(=O)N3CCCCC3)cc2NC(=O)Cc2cccs2)c1. The lowest BCUT2D eigenvalue weighted by Crippen LogP contribution is -2.35. The summed E-state index contributed by atoms with van der Waals surface area (Å²) in [7, 11) is -3.64. The second kappa shape index (κ2) is 9.85. The van der Waals surface area contributed by atoms with Crippen LogP contribution in [0, 0.1) is 6.92 Å². The molecule has 0 saturated carbocycles. The fourth-order valence-electron chi connectivity index (χ4n) is 3.68. The number of carbonyl (C=O) groups excluding carboxylic acids is 1. The Balaban J connectivity index is 1.64. The minimum atomic E-state index is -3.64. The molecule has 168 valence electrons. The van der Waals surface area contributed by atoms with Gasteiger partial charge < -0.3 is 10.1 Å². The smallest absolute Gasteiger partial charge is 0.243 e. The first-order valence-corrected chi connectivity index (χ1v) is 12.9. The molecule has 1 amide bonds. The highest BCUT2D eigenvalue weighted by Crippen LogP contribution is 2.34. The summed E-state index contributed by atoms with van der Waals surface area (Å²) in [6.07, 6.45) is 2.97. The summed E-state index contributed by atoms with van der Waals surface area (Å²) in [5, 5.41) is 4.78. The molecule has 0 atom stereocenters. The lowest BCUT2D eigenvalue weighted by atomic mass is 10.2. The van der Waals surface area contributed by atoms with Gasteiger partial charge >= 0.3 is 0 Å². The van der Waals surface area contributed by atoms with Gasteiger partial charge in [0.05, 0.1) is 17.0 Å². The van der Waals surface area contributed by atoms with Crippen molar-refractivity contribution in [3.05, 3.63) is 70.4 Å². The summed E-state index contributed by atoms with van der Waals surface area (Å²) < 4.78 is 33.9. The highest BCUT2D eigenvalue weighted by atomic mass is 32.2. The van der Waals surface area contributed by atoms with Crippen LogP contribution in [0.25, 0.3) is 0 Å². The fraction of sp³-hybridized carbons (Fsp3) is 0.292. The maximum Gasteiger partial charge on any atom is 0.243 e. The van der Waals surface area contributed by atoms with Gasteiger partial charge in [-0.3, -0.25) is 4.79 Å². The molecule has 2 heterocycles. The number of rotatable bonds is 7. The van der Waals surface area contributed by atoms with Crippen molar-refractivity contribution in [1.29, 1.82) is 0 Å². The van der Waals surface area contributed by atoms with Gasteiger partial charge in [0.2, 0.25) is 15.9 Å². The Kier molecular flexibility index (Phi) is 6.93. The Morgan fingerprint density at radius 1 is 1.06 bits per heavy atom. The quantitative estimate of drug-likeness (QED) is 0.515. The molecule has 4 rings (SSSR count). The molecule has 0 bridgehead atoms. The summed E-state index contributed by atoms with van der Waals surface area (Å²) in [5.74, 6) is 0.784. The predicted octanol–water partition coefficient (Wildman–Crippen LogP) is 5.20. The number of ether oxygens (including phenoxy) is 1. The van der Waals surface area contributed by atoms with E-state index in [0.29, 0.717) is 30.3 Å². The number of anilines is 1. The number of sulfonamides is 1. The standard InChI is InChI=1S/C24H26N2O4S2/c1-18-7-5-8-19(15-18)30-23-11-10-21(32(28,29)26-12-3-2-4-13-26)17-22(23)25-24(27)16-20-9-6-14-31-20/h5-11,14-15,17H,2-4,12-13,16H2,1H3,(H,25,27). The lowest BCUT2D eigenvalue weighted by Gasteiger charge is -2.26. The number of piperidine rings is 1. The van der Waals surface area contributed by atoms with Crippen LogP contribution in [0.5, 0.6) is 11.5 Å². The Morgan fingerprint density at radius 2 is 1.88 bits per heavy atom. The Labute approximate surface area is 192 Å². The van der Waals surface area contributed by atoms with Crippen molar-refractivity contribution in [3.8, 4) is 11.5 Å². The molecule has 1 fully saturated rings. The van der Waals surface area contributed by atoms with E-state index in [4.69, 9.17) is 4.74 Å². The maximum absolute atomic E-state index is 13.2. The highest BCUT2D eigenvalue weighted by Gasteiger charge is 2.27. The Morgan fingerprint density at radius 3 is 2.59 bits per heavy atom. The third-order valence-electron chi connectivity index (χ3n) is 5.31. The van der Waals surface area contributed by atoms with Crippen molar-refractivity contribution >= 4 is 33.0 Å². The summed E-state index contributed by atoms with van der Waals surface area (Å²) in [5.41, 5.74) is 1.38. The Hall–Kier alpha value is -2.68. The van der Waals surface area contributed by atoms with Crippen LogP contribution in [0.2, 0.25) is 0 Å². The van der Waals surface area contributed by atoms with Crippen molar-refractivity contribution in [1.82, 2.24) is 4.31 Å². The first-order valence-electron chi connectivity index (χ1n) is 10.6. The first-order chi connectivity index (χ1) is 15.4. The average Bonchev–Trinajstić information content (AvgIpc) is 3.28. The molecule has 3 aromatic rings. The number of amides is 1. The van der Waals surface area contributed by atoms with Crippen LogP contribution < -0.4 is 10.1 Å². The highest BCUT2D eigenvalue weighted by molar-refractivity contribution is 7.89. The van der Waals surface area contributed by atoms with E-state index in [-0.39, 0.29) is 17.2 Å². The first kappa shape index (κ1) is 22.5. The van der Waals surface area contributed by atoms with Crippen molar-refractivity contribution in [2.75, 3.05) is 18.4 Å². The number of carbonyl (C=O) groups is 1. The van der Waals surface area contributed by atoms with Crippen molar-refractivity contribution in [2.24, 2.45) is 0 Å². The number of hydrogen-bond donors (Lipinski definition) is 1. The summed E-state index contributed by atoms with van der Waals surface area (Å²) in [6.45, 7) is 3.00. The van der Waals surface area contributed by atoms with E-state index in [1.165, 1.54) is 21.7 Å². The summed E-state index contributed by atoms with van der Waals surface area (Å²) >= 11 is 1.50. The van der Waals surface area contributed by atoms with E-state index in [2.05, 4.69) is 5.32 Å². The summed E-state index contributed by atoms with van der Waals surface area (Å²) in [6, 6.07) is 16.0. The predicted molar refractivity (Wildman–Crippen MR) is 127 cm³/mol. The molecule has 2 aromatic carbocycles. The van der Waals surface area contributed by atoms with Crippen molar-refractivity contribution in [3.63, 3.8) is 0 Å². The Bertz CT molecular complexity index is 1180. The molecule has 1 aliphatic heterocycles. The molecular formula is C24H26N2O4S2. The molecule has 8 heteroatoms. The molecule has 1 aromatic heterocycles. The van der Waals surface area contributed by atoms with Gasteiger partial charge in [0.1, 0.15) is 5.75 Å². The maximum atomic E-state index is 13.2. The number of nitrogens with one attached hydrogen (secondary N) is 1. The minimum absolute atomic E-state index is 0.155. The zero-order valence-corrected chi connectivity index (χ0v) is 19.5. The molecule has 0 unspecified atom stereocenters. The zero-order valence-electron chi connectivity index (χ0n) is 17.9. The van der Waals surface area contributed by atoms with Crippen LogP contribution in [0.15, 0.2) is 64.9 Å². The van der Waals surface area contributed by atoms with Gasteiger partial charge in [-0.15, -0.1) is 11.3 Å². The van der Waals surface area contributed by atoms with Crippen LogP contribution >= 0.6 is 11.3 Å². The van der Waals surface area contributed by atoms with Gasteiger partial charge in [-0.25, -0.2) is 8.42 Å². The second-order valence-corrected chi connectivity index (χ2v) is 10.8. The van der Waals surface area contributed by atoms with E-state index >= 15 is 0 Å². The average molecular weight is 471 g/mol. The number of nitrogens with zero attached hydrogens (tertiary/aromatic N) is 1. The lowest BCUT2D eigenvalue weighted by molar-refractivity contribution is -0.115. The van der Waals surface area contributed by atoms with Gasteiger partial charge in [0, 0.05) is 18.0 Å². The van der Waals surface area contributed by atoms with E-state index < -0.39 is 10.0 Å². The van der Waals surface area contributed by atoms with E-state index in [1.807, 2.05) is 48.7 Å². The zero-order chi connectivity index (χ0) is 22.6. The molecule has 1 saturated heterocycles. The van der Waals surface area contributed by atoms with E-state index in [0.717, 1.165) is 29.7 Å². The van der Waals surface area contributed by atoms with Crippen LogP contribution in [-0.2, 0) is 21.2 Å². The largest absolute Gasteiger partial charge is 0.455 e. The van der Waals surface area contributed by atoms with Crippen LogP contribution in [0.4, 0.5) is 5.69 Å². The number of aryl methyl sites for hydroxylation is 1. The summed E-state index contributed by atoms with van der Waals surface area (Å²) in [4.78, 5) is 13.8. The van der Waals surface area contributed by atoms with Crippen LogP contribution in [0.1, 0.15) is 29.7 Å². The van der Waals surface area contributed by atoms with Gasteiger partial charge in [-0.05, 0) is 67.1 Å². The van der Waals surface area contributed by atoms with Crippen molar-refractivity contribution < 1.29 is 17.9 Å². The van der Waals surface area contributed by atoms with E-state index in [1.54, 1.807) is 12.1 Å². The van der Waals surface area contributed by atoms with Crippen molar-refractivity contribution in [2.45, 2.75) is 37.5 Å². The van der Waals surface area contributed by atoms with E-state index in [9.17, 15) is 13.2 Å². The van der Waals surface area contributed by atoms with Gasteiger partial charge in [-0.1, -0.05) is 24.6 Å². The topological polar surface area (TPSA) is 75.7 Å². The number of thiophene rings is 1. The number of benzene rings is 2. The monoisotopic (exact) mass is 470 g/mol. The molecule has 0 spiro atoms. The molecular weight excluding hydrogens is 444 g/mol. The molecule has 32 heavy (non-hydrogen) atoms. The molecule has 1 aliphatic rings. The third kappa shape index (κ3) is 5.38.